The van der Waals surface area contributed by atoms with Crippen LogP contribution in [0.2, 0.25) is 0 Å². The number of hydrogen-bond acceptors (Lipinski definition) is 5. The van der Waals surface area contributed by atoms with E-state index < -0.39 is 0 Å². The molecule has 2 N–H and O–H groups in total. The van der Waals surface area contributed by atoms with Crippen molar-refractivity contribution in [3.05, 3.63) is 66.2 Å². The van der Waals surface area contributed by atoms with Gasteiger partial charge in [-0.05, 0) is 50.5 Å². The summed E-state index contributed by atoms with van der Waals surface area (Å²) in [7, 11) is 0. The fourth-order valence-electron chi connectivity index (χ4n) is 3.67. The quantitative estimate of drug-likeness (QED) is 0.469. The van der Waals surface area contributed by atoms with Crippen LogP contribution in [0.3, 0.4) is 0 Å². The van der Waals surface area contributed by atoms with E-state index in [9.17, 15) is 0 Å². The van der Waals surface area contributed by atoms with Gasteiger partial charge in [-0.3, -0.25) is 0 Å². The largest absolute Gasteiger partial charge is 0.444 e. The van der Waals surface area contributed by atoms with Crippen molar-refractivity contribution in [2.75, 3.05) is 24.5 Å². The second-order valence-corrected chi connectivity index (χ2v) is 7.80. The van der Waals surface area contributed by atoms with Crippen LogP contribution in [-0.2, 0) is 6.54 Å². The molecular formula is C24H30N6O. The third-order valence-corrected chi connectivity index (χ3v) is 5.37. The van der Waals surface area contributed by atoms with Crippen molar-refractivity contribution in [2.45, 2.75) is 39.3 Å². The molecule has 0 amide bonds. The fourth-order valence-corrected chi connectivity index (χ4v) is 3.67. The Morgan fingerprint density at radius 2 is 1.97 bits per heavy atom. The molecule has 1 aliphatic heterocycles. The summed E-state index contributed by atoms with van der Waals surface area (Å²) in [6.45, 7) is 7.39. The Kier molecular flexibility index (Phi) is 6.82. The van der Waals surface area contributed by atoms with Gasteiger partial charge in [-0.15, -0.1) is 0 Å². The minimum Gasteiger partial charge on any atom is -0.444 e. The summed E-state index contributed by atoms with van der Waals surface area (Å²) in [6.07, 6.45) is 5.70. The second-order valence-electron chi connectivity index (χ2n) is 7.80. The van der Waals surface area contributed by atoms with Crippen molar-refractivity contribution < 1.29 is 4.42 Å². The number of nitrogens with zero attached hydrogens (tertiary/aromatic N) is 4. The van der Waals surface area contributed by atoms with Crippen molar-refractivity contribution in [2.24, 2.45) is 4.99 Å². The number of aryl methyl sites for hydroxylation is 1. The normalized spacial score (nSPS) is 15.2. The third-order valence-electron chi connectivity index (χ3n) is 5.37. The lowest BCUT2D eigenvalue weighted by Gasteiger charge is -2.33. The summed E-state index contributed by atoms with van der Waals surface area (Å²) in [5.74, 6) is 2.50. The molecule has 31 heavy (non-hydrogen) atoms. The SMILES string of the molecule is CCNC(=NCc1coc(-c2ccccc2)n1)NC1CCN(c2ccc(C)cn2)CC1. The number of aliphatic imine (C=N–C) groups is 1. The van der Waals surface area contributed by atoms with Crippen LogP contribution >= 0.6 is 0 Å². The molecule has 3 aromatic rings. The first-order valence-corrected chi connectivity index (χ1v) is 10.9. The Bertz CT molecular complexity index is 975. The van der Waals surface area contributed by atoms with Gasteiger partial charge in [0.2, 0.25) is 5.89 Å². The summed E-state index contributed by atoms with van der Waals surface area (Å²) >= 11 is 0. The van der Waals surface area contributed by atoms with Gasteiger partial charge in [0.15, 0.2) is 5.96 Å². The smallest absolute Gasteiger partial charge is 0.226 e. The predicted octanol–water partition coefficient (Wildman–Crippen LogP) is 3.77. The summed E-state index contributed by atoms with van der Waals surface area (Å²) in [5.41, 5.74) is 2.98. The van der Waals surface area contributed by atoms with Crippen LogP contribution in [0.4, 0.5) is 5.82 Å². The zero-order valence-corrected chi connectivity index (χ0v) is 18.2. The summed E-state index contributed by atoms with van der Waals surface area (Å²) in [4.78, 5) is 16.2. The van der Waals surface area contributed by atoms with Gasteiger partial charge in [0.25, 0.3) is 0 Å². The predicted molar refractivity (Wildman–Crippen MR) is 124 cm³/mol. The van der Waals surface area contributed by atoms with Crippen LogP contribution in [-0.4, -0.2) is 41.6 Å². The molecule has 0 atom stereocenters. The molecule has 1 aromatic carbocycles. The van der Waals surface area contributed by atoms with Crippen LogP contribution in [0.1, 0.15) is 31.0 Å². The molecule has 0 spiro atoms. The Hall–Kier alpha value is -3.35. The maximum absolute atomic E-state index is 5.62. The number of oxazole rings is 1. The molecule has 0 bridgehead atoms. The standard InChI is InChI=1S/C24H30N6O/c1-3-25-24(27-16-21-17-31-23(28-21)19-7-5-4-6-8-19)29-20-11-13-30(14-12-20)22-10-9-18(2)15-26-22/h4-10,15,17,20H,3,11-14,16H2,1-2H3,(H2,25,27,29). The second kappa shape index (κ2) is 10.1. The number of nitrogens with one attached hydrogen (secondary N) is 2. The maximum atomic E-state index is 5.62. The molecule has 0 aliphatic carbocycles. The van der Waals surface area contributed by atoms with Gasteiger partial charge >= 0.3 is 0 Å². The topological polar surface area (TPSA) is 78.6 Å². The van der Waals surface area contributed by atoms with E-state index in [1.807, 2.05) is 36.5 Å². The van der Waals surface area contributed by atoms with Crippen molar-refractivity contribution in [3.63, 3.8) is 0 Å². The lowest BCUT2D eigenvalue weighted by Crippen LogP contribution is -2.48. The molecule has 7 heteroatoms. The van der Waals surface area contributed by atoms with E-state index >= 15 is 0 Å². The molecule has 0 radical (unpaired) electrons. The third kappa shape index (κ3) is 5.63. The summed E-state index contributed by atoms with van der Waals surface area (Å²) < 4.78 is 5.62. The van der Waals surface area contributed by atoms with Gasteiger partial charge in [0, 0.05) is 37.4 Å². The lowest BCUT2D eigenvalue weighted by molar-refractivity contribution is 0.459. The van der Waals surface area contributed by atoms with Crippen LogP contribution in [0.5, 0.6) is 0 Å². The highest BCUT2D eigenvalue weighted by Gasteiger charge is 2.21. The minimum atomic E-state index is 0.386. The fraction of sp³-hybridized carbons (Fsp3) is 0.375. The first-order chi connectivity index (χ1) is 15.2. The van der Waals surface area contributed by atoms with Gasteiger partial charge < -0.3 is 20.0 Å². The van der Waals surface area contributed by atoms with Gasteiger partial charge in [-0.1, -0.05) is 24.3 Å². The molecule has 2 aromatic heterocycles. The van der Waals surface area contributed by atoms with Crippen molar-refractivity contribution >= 4 is 11.8 Å². The molecule has 1 aliphatic rings. The first-order valence-electron chi connectivity index (χ1n) is 10.9. The zero-order chi connectivity index (χ0) is 21.5. The number of guanidine groups is 1. The monoisotopic (exact) mass is 418 g/mol. The van der Waals surface area contributed by atoms with Crippen LogP contribution in [0.15, 0.2) is 64.3 Å². The van der Waals surface area contributed by atoms with Gasteiger partial charge in [-0.25, -0.2) is 15.0 Å². The van der Waals surface area contributed by atoms with E-state index in [1.165, 1.54) is 5.56 Å². The number of pyridine rings is 1. The zero-order valence-electron chi connectivity index (χ0n) is 18.2. The number of piperidine rings is 1. The highest BCUT2D eigenvalue weighted by molar-refractivity contribution is 5.80. The molecule has 4 rings (SSSR count). The number of aromatic nitrogens is 2. The minimum absolute atomic E-state index is 0.386. The molecule has 1 fully saturated rings. The molecule has 162 valence electrons. The van der Waals surface area contributed by atoms with Crippen LogP contribution in [0.25, 0.3) is 11.5 Å². The first kappa shape index (κ1) is 20.9. The van der Waals surface area contributed by atoms with E-state index in [0.29, 0.717) is 18.5 Å². The lowest BCUT2D eigenvalue weighted by atomic mass is 10.1. The highest BCUT2D eigenvalue weighted by Crippen LogP contribution is 2.19. The van der Waals surface area contributed by atoms with Gasteiger partial charge in [0.1, 0.15) is 17.8 Å². The van der Waals surface area contributed by atoms with E-state index in [1.54, 1.807) is 6.26 Å². The van der Waals surface area contributed by atoms with Crippen molar-refractivity contribution in [1.82, 2.24) is 20.6 Å². The highest BCUT2D eigenvalue weighted by atomic mass is 16.3. The number of hydrogen-bond donors (Lipinski definition) is 2. The molecule has 7 nitrogen and oxygen atoms in total. The average Bonchev–Trinajstić information content (AvgIpc) is 3.29. The van der Waals surface area contributed by atoms with E-state index in [4.69, 9.17) is 9.41 Å². The molecule has 3 heterocycles. The average molecular weight is 419 g/mol. The summed E-state index contributed by atoms with van der Waals surface area (Å²) in [5, 5.41) is 6.92. The molecular weight excluding hydrogens is 388 g/mol. The maximum Gasteiger partial charge on any atom is 0.226 e. The van der Waals surface area contributed by atoms with Gasteiger partial charge in [0.05, 0.1) is 6.54 Å². The summed E-state index contributed by atoms with van der Waals surface area (Å²) in [6, 6.07) is 14.5. The van der Waals surface area contributed by atoms with Crippen molar-refractivity contribution in [1.29, 1.82) is 0 Å². The Labute approximate surface area is 183 Å². The Morgan fingerprint density at radius 3 is 2.68 bits per heavy atom. The molecule has 0 saturated carbocycles. The number of anilines is 1. The number of benzene rings is 1. The van der Waals surface area contributed by atoms with Gasteiger partial charge in [-0.2, -0.15) is 0 Å². The van der Waals surface area contributed by atoms with E-state index in [0.717, 1.165) is 55.5 Å². The number of rotatable bonds is 6. The molecule has 0 unspecified atom stereocenters. The van der Waals surface area contributed by atoms with E-state index in [2.05, 4.69) is 51.5 Å². The van der Waals surface area contributed by atoms with Crippen molar-refractivity contribution in [3.8, 4) is 11.5 Å². The Morgan fingerprint density at radius 1 is 1.16 bits per heavy atom. The Balaban J connectivity index is 1.32. The molecule has 1 saturated heterocycles. The van der Waals surface area contributed by atoms with Crippen LogP contribution < -0.4 is 15.5 Å². The van der Waals surface area contributed by atoms with E-state index in [-0.39, 0.29) is 0 Å². The van der Waals surface area contributed by atoms with Crippen LogP contribution in [0, 0.1) is 6.92 Å².